The lowest BCUT2D eigenvalue weighted by atomic mass is 10.1. The lowest BCUT2D eigenvalue weighted by Gasteiger charge is -2.08. The summed E-state index contributed by atoms with van der Waals surface area (Å²) in [6.45, 7) is 0. The average Bonchev–Trinajstić information content (AvgIpc) is 1.99. The summed E-state index contributed by atoms with van der Waals surface area (Å²) < 4.78 is 36.3. The molecule has 0 amide bonds. The Hall–Kier alpha value is -0.450. The highest BCUT2D eigenvalue weighted by molar-refractivity contribution is 6.42. The van der Waals surface area contributed by atoms with Crippen molar-refractivity contribution in [3.8, 4) is 0 Å². The van der Waals surface area contributed by atoms with Crippen LogP contribution in [0.4, 0.5) is 13.2 Å². The summed E-state index contributed by atoms with van der Waals surface area (Å²) in [5.74, 6) is -2.09. The van der Waals surface area contributed by atoms with Crippen LogP contribution in [0, 0.1) is 0 Å². The lowest BCUT2D eigenvalue weighted by Crippen LogP contribution is -2.23. The largest absolute Gasteiger partial charge is 0.454 e. The third kappa shape index (κ3) is 2.77. The Morgan fingerprint density at radius 1 is 1.07 bits per heavy atom. The van der Waals surface area contributed by atoms with E-state index in [9.17, 15) is 18.0 Å². The molecule has 0 radical (unpaired) electrons. The number of alkyl halides is 3. The predicted molar refractivity (Wildman–Crippen MR) is 51.9 cm³/mol. The van der Waals surface area contributed by atoms with Crippen LogP contribution in [0.1, 0.15) is 10.4 Å². The Morgan fingerprint density at radius 3 is 1.80 bits per heavy atom. The van der Waals surface area contributed by atoms with Gasteiger partial charge < -0.3 is 0 Å². The second kappa shape index (κ2) is 4.20. The maximum absolute atomic E-state index is 12.1. The molecule has 0 bridgehead atoms. The smallest absolute Gasteiger partial charge is 0.284 e. The minimum atomic E-state index is -5.01. The number of halogens is 6. The van der Waals surface area contributed by atoms with E-state index < -0.39 is 27.6 Å². The van der Waals surface area contributed by atoms with E-state index in [0.29, 0.717) is 0 Å². The fraction of sp³-hybridized carbons (Fsp3) is 0.125. The maximum Gasteiger partial charge on any atom is 0.454 e. The van der Waals surface area contributed by atoms with Crippen LogP contribution in [0.15, 0.2) is 12.1 Å². The number of benzene rings is 1. The van der Waals surface area contributed by atoms with E-state index in [1.54, 1.807) is 0 Å². The molecule has 0 aliphatic carbocycles. The first-order chi connectivity index (χ1) is 6.73. The van der Waals surface area contributed by atoms with Gasteiger partial charge in [-0.3, -0.25) is 4.79 Å². The Kier molecular flexibility index (Phi) is 3.53. The summed E-state index contributed by atoms with van der Waals surface area (Å²) in [5.41, 5.74) is -0.782. The molecule has 0 atom stereocenters. The van der Waals surface area contributed by atoms with Crippen LogP contribution in [0.5, 0.6) is 0 Å². The van der Waals surface area contributed by atoms with E-state index >= 15 is 0 Å². The molecule has 1 nitrogen and oxygen atoms in total. The Balaban J connectivity index is 3.33. The first-order valence-corrected chi connectivity index (χ1v) is 4.63. The normalized spacial score (nSPS) is 11.6. The van der Waals surface area contributed by atoms with E-state index in [2.05, 4.69) is 0 Å². The minimum absolute atomic E-state index is 0.0590. The molecular weight excluding hydrogens is 275 g/mol. The molecule has 0 fully saturated rings. The molecule has 0 aliphatic heterocycles. The van der Waals surface area contributed by atoms with Gasteiger partial charge in [0, 0.05) is 5.02 Å². The van der Waals surface area contributed by atoms with Crippen LogP contribution in [-0.4, -0.2) is 12.0 Å². The zero-order chi connectivity index (χ0) is 11.8. The van der Waals surface area contributed by atoms with Crippen molar-refractivity contribution in [3.05, 3.63) is 32.8 Å². The van der Waals surface area contributed by atoms with Crippen molar-refractivity contribution >= 4 is 40.6 Å². The molecule has 0 spiro atoms. The van der Waals surface area contributed by atoms with Crippen LogP contribution in [0.3, 0.4) is 0 Å². The molecule has 7 heteroatoms. The van der Waals surface area contributed by atoms with Gasteiger partial charge in [-0.05, 0) is 12.1 Å². The van der Waals surface area contributed by atoms with Gasteiger partial charge >= 0.3 is 6.18 Å². The quantitative estimate of drug-likeness (QED) is 0.696. The monoisotopic (exact) mass is 276 g/mol. The Labute approximate surface area is 97.7 Å². The zero-order valence-electron chi connectivity index (χ0n) is 6.83. The van der Waals surface area contributed by atoms with Gasteiger partial charge in [-0.25, -0.2) is 0 Å². The Morgan fingerprint density at radius 2 is 1.47 bits per heavy atom. The summed E-state index contributed by atoms with van der Waals surface area (Å²) in [5, 5.41) is -0.784. The van der Waals surface area contributed by atoms with Gasteiger partial charge in [0.05, 0.1) is 15.6 Å². The van der Waals surface area contributed by atoms with Crippen LogP contribution in [0.25, 0.3) is 0 Å². The van der Waals surface area contributed by atoms with Gasteiger partial charge in [-0.1, -0.05) is 34.8 Å². The van der Waals surface area contributed by atoms with Gasteiger partial charge in [0.15, 0.2) is 0 Å². The van der Waals surface area contributed by atoms with E-state index in [0.717, 1.165) is 12.1 Å². The number of Topliss-reactive ketones (excluding diaryl/α,β-unsaturated/α-hetero) is 1. The van der Waals surface area contributed by atoms with Crippen molar-refractivity contribution in [2.24, 2.45) is 0 Å². The third-order valence-electron chi connectivity index (χ3n) is 1.49. The second-order valence-corrected chi connectivity index (χ2v) is 3.82. The number of carbonyl (C=O) groups is 1. The topological polar surface area (TPSA) is 17.1 Å². The van der Waals surface area contributed by atoms with Crippen molar-refractivity contribution < 1.29 is 18.0 Å². The van der Waals surface area contributed by atoms with Gasteiger partial charge in [0.2, 0.25) is 0 Å². The van der Waals surface area contributed by atoms with Crippen molar-refractivity contribution in [2.75, 3.05) is 0 Å². The summed E-state index contributed by atoms with van der Waals surface area (Å²) in [6, 6.07) is 2.04. The van der Waals surface area contributed by atoms with Crippen LogP contribution in [-0.2, 0) is 0 Å². The summed E-state index contributed by atoms with van der Waals surface area (Å²) in [6.07, 6.45) is -5.01. The van der Waals surface area contributed by atoms with E-state index in [1.165, 1.54) is 0 Å². The lowest BCUT2D eigenvalue weighted by molar-refractivity contribution is -0.0885. The van der Waals surface area contributed by atoms with Gasteiger partial charge in [0.25, 0.3) is 5.78 Å². The van der Waals surface area contributed by atoms with E-state index in [1.807, 2.05) is 0 Å². The molecule has 0 aromatic heterocycles. The Bertz CT molecular complexity index is 391. The molecule has 1 rings (SSSR count). The third-order valence-corrected chi connectivity index (χ3v) is 2.31. The van der Waals surface area contributed by atoms with Crippen molar-refractivity contribution in [1.82, 2.24) is 0 Å². The van der Waals surface area contributed by atoms with Crippen molar-refractivity contribution in [2.45, 2.75) is 6.18 Å². The standard InChI is InChI=1S/C8H2Cl3F3O/c9-3-1-4(10)6(5(11)2-3)7(15)8(12,13)14/h1-2H. The van der Waals surface area contributed by atoms with Crippen molar-refractivity contribution in [3.63, 3.8) is 0 Å². The summed E-state index contributed by atoms with van der Waals surface area (Å²) >= 11 is 16.4. The number of rotatable bonds is 1. The number of hydrogen-bond donors (Lipinski definition) is 0. The van der Waals surface area contributed by atoms with Gasteiger partial charge in [-0.15, -0.1) is 0 Å². The van der Waals surface area contributed by atoms with Crippen molar-refractivity contribution in [1.29, 1.82) is 0 Å². The minimum Gasteiger partial charge on any atom is -0.284 e. The molecular formula is C8H2Cl3F3O. The molecule has 0 unspecified atom stereocenters. The molecule has 82 valence electrons. The fourth-order valence-corrected chi connectivity index (χ4v) is 1.89. The molecule has 1 aromatic rings. The summed E-state index contributed by atoms with van der Waals surface area (Å²) in [4.78, 5) is 10.9. The molecule has 0 N–H and O–H groups in total. The van der Waals surface area contributed by atoms with Gasteiger partial charge in [-0.2, -0.15) is 13.2 Å². The molecule has 0 saturated carbocycles. The molecule has 0 saturated heterocycles. The first-order valence-electron chi connectivity index (χ1n) is 3.49. The van der Waals surface area contributed by atoms with Gasteiger partial charge in [0.1, 0.15) is 0 Å². The number of hydrogen-bond acceptors (Lipinski definition) is 1. The van der Waals surface area contributed by atoms with Crippen LogP contribution < -0.4 is 0 Å². The van der Waals surface area contributed by atoms with Crippen LogP contribution in [0.2, 0.25) is 15.1 Å². The maximum atomic E-state index is 12.1. The fourth-order valence-electron chi connectivity index (χ4n) is 0.901. The van der Waals surface area contributed by atoms with Crippen LogP contribution >= 0.6 is 34.8 Å². The number of carbonyl (C=O) groups excluding carboxylic acids is 1. The second-order valence-electron chi connectivity index (χ2n) is 2.57. The van der Waals surface area contributed by atoms with E-state index in [-0.39, 0.29) is 5.02 Å². The highest BCUT2D eigenvalue weighted by atomic mass is 35.5. The predicted octanol–water partition coefficient (Wildman–Crippen LogP) is 4.39. The SMILES string of the molecule is O=C(c1c(Cl)cc(Cl)cc1Cl)C(F)(F)F. The number of ketones is 1. The molecule has 0 aliphatic rings. The van der Waals surface area contributed by atoms with E-state index in [4.69, 9.17) is 34.8 Å². The summed E-state index contributed by atoms with van der Waals surface area (Å²) in [7, 11) is 0. The molecule has 1 aromatic carbocycles. The first kappa shape index (κ1) is 12.6. The molecule has 15 heavy (non-hydrogen) atoms. The average molecular weight is 277 g/mol. The molecule has 0 heterocycles. The highest BCUT2D eigenvalue weighted by Gasteiger charge is 2.41. The highest BCUT2D eigenvalue weighted by Crippen LogP contribution is 2.33. The zero-order valence-corrected chi connectivity index (χ0v) is 9.10.